The molecule has 1 heterocycles. The van der Waals surface area contributed by atoms with Crippen molar-refractivity contribution in [3.05, 3.63) is 65.5 Å². The lowest BCUT2D eigenvalue weighted by molar-refractivity contribution is 0.0885. The van der Waals surface area contributed by atoms with Gasteiger partial charge >= 0.3 is 0 Å². The van der Waals surface area contributed by atoms with Crippen molar-refractivity contribution in [2.75, 3.05) is 0 Å². The van der Waals surface area contributed by atoms with Crippen LogP contribution in [0.3, 0.4) is 0 Å². The molecular weight excluding hydrogens is 246 g/mol. The van der Waals surface area contributed by atoms with E-state index < -0.39 is 0 Å². The van der Waals surface area contributed by atoms with Gasteiger partial charge in [0.05, 0.1) is 5.41 Å². The average molecular weight is 265 g/mol. The molecule has 1 fully saturated rings. The zero-order chi connectivity index (χ0) is 14.0. The lowest BCUT2D eigenvalue weighted by Gasteiger charge is -2.28. The Bertz CT molecular complexity index is 612. The number of ketones is 1. The third-order valence-electron chi connectivity index (χ3n) is 4.36. The number of Topliss-reactive ketones (excluding diaryl/α,β-unsaturated/α-hetero) is 1. The average Bonchev–Trinajstić information content (AvgIpc) is 2.98. The van der Waals surface area contributed by atoms with E-state index in [-0.39, 0.29) is 11.2 Å². The van der Waals surface area contributed by atoms with Crippen LogP contribution in [0.5, 0.6) is 0 Å². The molecule has 0 N–H and O–H groups in total. The minimum absolute atomic E-state index is 0.234. The molecule has 1 aromatic heterocycles. The number of hydrogen-bond donors (Lipinski definition) is 0. The molecule has 1 saturated carbocycles. The second-order valence-electron chi connectivity index (χ2n) is 5.74. The summed E-state index contributed by atoms with van der Waals surface area (Å²) in [5.74, 6) is 0.234. The predicted molar refractivity (Wildman–Crippen MR) is 79.9 cm³/mol. The normalized spacial score (nSPS) is 17.1. The van der Waals surface area contributed by atoms with Gasteiger partial charge in [0.15, 0.2) is 5.78 Å². The molecule has 2 heteroatoms. The monoisotopic (exact) mass is 265 g/mol. The molecule has 1 aliphatic carbocycles. The number of rotatable bonds is 3. The number of benzene rings is 1. The van der Waals surface area contributed by atoms with Crippen LogP contribution in [0.15, 0.2) is 48.8 Å². The minimum Gasteiger partial charge on any atom is -0.293 e. The van der Waals surface area contributed by atoms with Gasteiger partial charge in [-0.25, -0.2) is 0 Å². The largest absolute Gasteiger partial charge is 0.293 e. The first kappa shape index (κ1) is 13.0. The minimum atomic E-state index is -0.337. The van der Waals surface area contributed by atoms with Gasteiger partial charge in [-0.15, -0.1) is 0 Å². The van der Waals surface area contributed by atoms with Crippen molar-refractivity contribution in [2.24, 2.45) is 0 Å². The summed E-state index contributed by atoms with van der Waals surface area (Å²) in [6.45, 7) is 1.98. The Morgan fingerprint density at radius 1 is 1.10 bits per heavy atom. The van der Waals surface area contributed by atoms with Gasteiger partial charge in [0, 0.05) is 18.0 Å². The maximum atomic E-state index is 13.1. The van der Waals surface area contributed by atoms with Gasteiger partial charge in [-0.2, -0.15) is 0 Å². The highest BCUT2D eigenvalue weighted by Crippen LogP contribution is 2.43. The Morgan fingerprint density at radius 2 is 1.80 bits per heavy atom. The standard InChI is InChI=1S/C18H19NO/c1-14-11-15(13-19-12-14)17(20)18(9-5-6-10-18)16-7-3-2-4-8-16/h2-4,7-8,11-13H,5-6,9-10H2,1H3. The summed E-state index contributed by atoms with van der Waals surface area (Å²) in [6, 6.07) is 12.2. The summed E-state index contributed by atoms with van der Waals surface area (Å²) >= 11 is 0. The fraction of sp³-hybridized carbons (Fsp3) is 0.333. The van der Waals surface area contributed by atoms with E-state index in [0.717, 1.165) is 42.4 Å². The fourth-order valence-corrected chi connectivity index (χ4v) is 3.34. The van der Waals surface area contributed by atoms with E-state index in [9.17, 15) is 4.79 Å². The van der Waals surface area contributed by atoms with Crippen LogP contribution in [0, 0.1) is 6.92 Å². The first-order valence-electron chi connectivity index (χ1n) is 7.24. The van der Waals surface area contributed by atoms with Gasteiger partial charge in [-0.05, 0) is 37.0 Å². The van der Waals surface area contributed by atoms with E-state index in [1.54, 1.807) is 12.4 Å². The highest BCUT2D eigenvalue weighted by molar-refractivity contribution is 6.04. The fourth-order valence-electron chi connectivity index (χ4n) is 3.34. The quantitative estimate of drug-likeness (QED) is 0.782. The number of aromatic nitrogens is 1. The third kappa shape index (κ3) is 2.15. The molecule has 2 aromatic rings. The summed E-state index contributed by atoms with van der Waals surface area (Å²) in [4.78, 5) is 17.3. The van der Waals surface area contributed by atoms with E-state index in [1.807, 2.05) is 31.2 Å². The van der Waals surface area contributed by atoms with Crippen molar-refractivity contribution in [3.8, 4) is 0 Å². The second kappa shape index (κ2) is 5.20. The Hall–Kier alpha value is -1.96. The molecule has 2 nitrogen and oxygen atoms in total. The molecule has 0 saturated heterocycles. The van der Waals surface area contributed by atoms with Gasteiger partial charge in [-0.3, -0.25) is 9.78 Å². The van der Waals surface area contributed by atoms with Crippen molar-refractivity contribution in [3.63, 3.8) is 0 Å². The van der Waals surface area contributed by atoms with Gasteiger partial charge in [0.25, 0.3) is 0 Å². The molecule has 0 aliphatic heterocycles. The number of carbonyl (C=O) groups is 1. The van der Waals surface area contributed by atoms with Gasteiger partial charge in [-0.1, -0.05) is 43.2 Å². The first-order valence-corrected chi connectivity index (χ1v) is 7.24. The third-order valence-corrected chi connectivity index (χ3v) is 4.36. The van der Waals surface area contributed by atoms with Gasteiger partial charge in [0.2, 0.25) is 0 Å². The molecule has 0 amide bonds. The van der Waals surface area contributed by atoms with Crippen LogP contribution in [0.25, 0.3) is 0 Å². The van der Waals surface area contributed by atoms with Crippen LogP contribution in [0.1, 0.15) is 47.2 Å². The molecule has 3 rings (SSSR count). The van der Waals surface area contributed by atoms with Crippen molar-refractivity contribution in [1.29, 1.82) is 0 Å². The molecular formula is C18H19NO. The van der Waals surface area contributed by atoms with Crippen molar-refractivity contribution in [2.45, 2.75) is 38.0 Å². The number of hydrogen-bond acceptors (Lipinski definition) is 2. The molecule has 1 aliphatic rings. The number of carbonyl (C=O) groups excluding carboxylic acids is 1. The SMILES string of the molecule is Cc1cncc(C(=O)C2(c3ccccc3)CCCC2)c1. The van der Waals surface area contributed by atoms with E-state index in [4.69, 9.17) is 0 Å². The summed E-state index contributed by atoms with van der Waals surface area (Å²) in [7, 11) is 0. The lowest BCUT2D eigenvalue weighted by Crippen LogP contribution is -2.33. The van der Waals surface area contributed by atoms with Gasteiger partial charge in [0.1, 0.15) is 0 Å². The Labute approximate surface area is 119 Å². The van der Waals surface area contributed by atoms with Crippen LogP contribution in [-0.2, 0) is 5.41 Å². The van der Waals surface area contributed by atoms with Crippen molar-refractivity contribution >= 4 is 5.78 Å². The summed E-state index contributed by atoms with van der Waals surface area (Å²) in [5, 5.41) is 0. The number of nitrogens with zero attached hydrogens (tertiary/aromatic N) is 1. The lowest BCUT2D eigenvalue weighted by atomic mass is 9.73. The zero-order valence-corrected chi connectivity index (χ0v) is 11.8. The van der Waals surface area contributed by atoms with E-state index in [0.29, 0.717) is 0 Å². The van der Waals surface area contributed by atoms with Crippen LogP contribution >= 0.6 is 0 Å². The predicted octanol–water partition coefficient (Wildman–Crippen LogP) is 4.08. The zero-order valence-electron chi connectivity index (χ0n) is 11.8. The molecule has 0 unspecified atom stereocenters. The van der Waals surface area contributed by atoms with Crippen molar-refractivity contribution in [1.82, 2.24) is 4.98 Å². The molecule has 102 valence electrons. The molecule has 1 aromatic carbocycles. The van der Waals surface area contributed by atoms with Gasteiger partial charge < -0.3 is 0 Å². The topological polar surface area (TPSA) is 30.0 Å². The van der Waals surface area contributed by atoms with Crippen LogP contribution < -0.4 is 0 Å². The summed E-state index contributed by atoms with van der Waals surface area (Å²) in [5.41, 5.74) is 2.60. The van der Waals surface area contributed by atoms with E-state index in [2.05, 4.69) is 17.1 Å². The highest BCUT2D eigenvalue weighted by Gasteiger charge is 2.42. The van der Waals surface area contributed by atoms with Crippen LogP contribution in [-0.4, -0.2) is 10.8 Å². The molecule has 0 spiro atoms. The molecule has 20 heavy (non-hydrogen) atoms. The van der Waals surface area contributed by atoms with E-state index >= 15 is 0 Å². The Balaban J connectivity index is 2.05. The maximum Gasteiger partial charge on any atom is 0.174 e. The number of pyridine rings is 1. The van der Waals surface area contributed by atoms with E-state index in [1.165, 1.54) is 0 Å². The van der Waals surface area contributed by atoms with Crippen molar-refractivity contribution < 1.29 is 4.79 Å². The highest BCUT2D eigenvalue weighted by atomic mass is 16.1. The summed E-state index contributed by atoms with van der Waals surface area (Å²) < 4.78 is 0. The Morgan fingerprint density at radius 3 is 2.45 bits per heavy atom. The summed E-state index contributed by atoms with van der Waals surface area (Å²) in [6.07, 6.45) is 7.65. The Kier molecular flexibility index (Phi) is 3.39. The molecule has 0 atom stereocenters. The van der Waals surface area contributed by atoms with Crippen LogP contribution in [0.2, 0.25) is 0 Å². The molecule has 0 bridgehead atoms. The number of aryl methyl sites for hydroxylation is 1. The second-order valence-corrected chi connectivity index (χ2v) is 5.74. The first-order chi connectivity index (χ1) is 9.72. The maximum absolute atomic E-state index is 13.1. The molecule has 0 radical (unpaired) electrons. The van der Waals surface area contributed by atoms with Crippen LogP contribution in [0.4, 0.5) is 0 Å². The smallest absolute Gasteiger partial charge is 0.174 e.